The molecule has 3 aromatic rings. The molecular formula is C18H20N4O2S. The van der Waals surface area contributed by atoms with Crippen molar-refractivity contribution in [2.24, 2.45) is 13.0 Å². The zero-order valence-corrected chi connectivity index (χ0v) is 15.3. The zero-order valence-electron chi connectivity index (χ0n) is 14.4. The van der Waals surface area contributed by atoms with Crippen LogP contribution in [0.15, 0.2) is 24.4 Å². The minimum absolute atomic E-state index is 0.0859. The van der Waals surface area contributed by atoms with Gasteiger partial charge in [-0.2, -0.15) is 5.10 Å². The van der Waals surface area contributed by atoms with Crippen LogP contribution in [0.1, 0.15) is 18.2 Å². The van der Waals surface area contributed by atoms with Crippen LogP contribution in [-0.2, 0) is 11.8 Å². The predicted octanol–water partition coefficient (Wildman–Crippen LogP) is 2.91. The monoisotopic (exact) mass is 356 g/mol. The van der Waals surface area contributed by atoms with Gasteiger partial charge in [0.2, 0.25) is 11.8 Å². The Morgan fingerprint density at radius 2 is 2.28 bits per heavy atom. The van der Waals surface area contributed by atoms with E-state index in [-0.39, 0.29) is 17.9 Å². The van der Waals surface area contributed by atoms with Crippen molar-refractivity contribution in [3.63, 3.8) is 0 Å². The molecule has 0 spiro atoms. The second-order valence-corrected chi connectivity index (χ2v) is 7.84. The number of fused-ring (bicyclic) bond motifs is 1. The Morgan fingerprint density at radius 3 is 2.96 bits per heavy atom. The average molecular weight is 356 g/mol. The second kappa shape index (κ2) is 6.15. The first-order chi connectivity index (χ1) is 12.0. The van der Waals surface area contributed by atoms with Gasteiger partial charge in [0.1, 0.15) is 6.10 Å². The van der Waals surface area contributed by atoms with Crippen molar-refractivity contribution in [3.8, 4) is 16.5 Å². The smallest absolute Gasteiger partial charge is 0.225 e. The minimum atomic E-state index is -0.102. The molecule has 0 aliphatic carbocycles. The number of carbonyl (C=O) groups is 1. The molecule has 1 unspecified atom stereocenters. The van der Waals surface area contributed by atoms with Crippen LogP contribution >= 0.6 is 11.3 Å². The molecule has 1 aliphatic rings. The Hall–Kier alpha value is -2.41. The van der Waals surface area contributed by atoms with E-state index >= 15 is 0 Å². The molecule has 4 rings (SSSR count). The molecule has 0 aromatic carbocycles. The van der Waals surface area contributed by atoms with Gasteiger partial charge in [0.15, 0.2) is 0 Å². The van der Waals surface area contributed by atoms with Crippen molar-refractivity contribution in [2.75, 3.05) is 6.54 Å². The van der Waals surface area contributed by atoms with Crippen molar-refractivity contribution < 1.29 is 9.53 Å². The fourth-order valence-electron chi connectivity index (χ4n) is 3.13. The van der Waals surface area contributed by atoms with Crippen LogP contribution in [0.3, 0.4) is 0 Å². The molecule has 3 aromatic heterocycles. The number of thiophene rings is 1. The summed E-state index contributed by atoms with van der Waals surface area (Å²) in [6.45, 7) is 4.73. The van der Waals surface area contributed by atoms with Gasteiger partial charge in [0.25, 0.3) is 0 Å². The third-order valence-corrected chi connectivity index (χ3v) is 5.57. The zero-order chi connectivity index (χ0) is 17.6. The van der Waals surface area contributed by atoms with Gasteiger partial charge in [0, 0.05) is 37.0 Å². The molecule has 1 saturated heterocycles. The second-order valence-electron chi connectivity index (χ2n) is 6.55. The Bertz CT molecular complexity index is 946. The van der Waals surface area contributed by atoms with Gasteiger partial charge >= 0.3 is 0 Å². The number of pyridine rings is 1. The van der Waals surface area contributed by atoms with E-state index in [4.69, 9.17) is 9.72 Å². The number of aromatic nitrogens is 3. The average Bonchev–Trinajstić information content (AvgIpc) is 3.26. The number of nitrogens with one attached hydrogen (secondary N) is 1. The van der Waals surface area contributed by atoms with E-state index in [1.807, 2.05) is 26.2 Å². The molecule has 1 fully saturated rings. The van der Waals surface area contributed by atoms with Crippen molar-refractivity contribution in [2.45, 2.75) is 26.4 Å². The van der Waals surface area contributed by atoms with Gasteiger partial charge in [-0.1, -0.05) is 0 Å². The number of amides is 1. The molecule has 0 bridgehead atoms. The number of hydrogen-bond acceptors (Lipinski definition) is 5. The molecular weight excluding hydrogens is 336 g/mol. The van der Waals surface area contributed by atoms with Gasteiger partial charge in [-0.25, -0.2) is 4.98 Å². The van der Waals surface area contributed by atoms with Crippen LogP contribution in [0.5, 0.6) is 5.88 Å². The topological polar surface area (TPSA) is 69.0 Å². The van der Waals surface area contributed by atoms with Crippen LogP contribution in [0, 0.1) is 12.8 Å². The Labute approximate surface area is 149 Å². The summed E-state index contributed by atoms with van der Waals surface area (Å²) < 4.78 is 7.96. The quantitative estimate of drug-likeness (QED) is 0.780. The lowest BCUT2D eigenvalue weighted by Gasteiger charge is -2.19. The van der Waals surface area contributed by atoms with E-state index in [1.165, 1.54) is 4.88 Å². The van der Waals surface area contributed by atoms with Gasteiger partial charge in [-0.15, -0.1) is 11.3 Å². The van der Waals surface area contributed by atoms with E-state index in [1.54, 1.807) is 16.0 Å². The third-order valence-electron chi connectivity index (χ3n) is 4.55. The summed E-state index contributed by atoms with van der Waals surface area (Å²) in [5.74, 6) is 0.829. The molecule has 6 nitrogen and oxygen atoms in total. The minimum Gasteiger partial charge on any atom is -0.474 e. The van der Waals surface area contributed by atoms with Crippen LogP contribution < -0.4 is 10.1 Å². The molecule has 130 valence electrons. The number of hydrogen-bond donors (Lipinski definition) is 1. The van der Waals surface area contributed by atoms with E-state index < -0.39 is 0 Å². The standard InChI is InChI=1S/C18H20N4O2S/c1-10-4-5-16(25-10)15-7-14-13(9-22(3)21-14)18(20-15)24-11(2)12-6-17(23)19-8-12/h4-5,7,9,11-12H,6,8H2,1-3H3,(H,19,23)/t11?,12-/m1/s1. The normalized spacial score (nSPS) is 18.5. The first-order valence-electron chi connectivity index (χ1n) is 8.34. The molecule has 1 aliphatic heterocycles. The molecule has 1 N–H and O–H groups in total. The molecule has 0 radical (unpaired) electrons. The highest BCUT2D eigenvalue weighted by molar-refractivity contribution is 7.15. The Balaban J connectivity index is 1.72. The Kier molecular flexibility index (Phi) is 3.95. The van der Waals surface area contributed by atoms with Gasteiger partial charge in [-0.05, 0) is 32.0 Å². The number of ether oxygens (including phenoxy) is 1. The van der Waals surface area contributed by atoms with Crippen molar-refractivity contribution in [1.82, 2.24) is 20.1 Å². The fourth-order valence-corrected chi connectivity index (χ4v) is 3.96. The summed E-state index contributed by atoms with van der Waals surface area (Å²) in [4.78, 5) is 18.6. The molecule has 0 saturated carbocycles. The highest BCUT2D eigenvalue weighted by atomic mass is 32.1. The predicted molar refractivity (Wildman–Crippen MR) is 97.8 cm³/mol. The molecule has 7 heteroatoms. The van der Waals surface area contributed by atoms with E-state index in [9.17, 15) is 4.79 Å². The van der Waals surface area contributed by atoms with Crippen LogP contribution in [0.2, 0.25) is 0 Å². The molecule has 4 heterocycles. The van der Waals surface area contributed by atoms with E-state index in [0.29, 0.717) is 18.8 Å². The lowest BCUT2D eigenvalue weighted by atomic mass is 10.0. The summed E-state index contributed by atoms with van der Waals surface area (Å²) in [6, 6.07) is 6.16. The largest absolute Gasteiger partial charge is 0.474 e. The summed E-state index contributed by atoms with van der Waals surface area (Å²) >= 11 is 1.70. The third kappa shape index (κ3) is 3.11. The maximum Gasteiger partial charge on any atom is 0.225 e. The summed E-state index contributed by atoms with van der Waals surface area (Å²) in [6.07, 6.45) is 2.32. The maximum absolute atomic E-state index is 11.5. The molecule has 25 heavy (non-hydrogen) atoms. The fraction of sp³-hybridized carbons (Fsp3) is 0.389. The summed E-state index contributed by atoms with van der Waals surface area (Å²) in [7, 11) is 1.89. The van der Waals surface area contributed by atoms with Crippen molar-refractivity contribution in [3.05, 3.63) is 29.3 Å². The number of nitrogens with zero attached hydrogens (tertiary/aromatic N) is 3. The highest BCUT2D eigenvalue weighted by Crippen LogP contribution is 2.33. The molecule has 2 atom stereocenters. The van der Waals surface area contributed by atoms with Crippen LogP contribution in [0.4, 0.5) is 0 Å². The number of rotatable bonds is 4. The van der Waals surface area contributed by atoms with Gasteiger partial charge in [-0.3, -0.25) is 9.48 Å². The number of carbonyl (C=O) groups excluding carboxylic acids is 1. The van der Waals surface area contributed by atoms with E-state index in [2.05, 4.69) is 29.5 Å². The van der Waals surface area contributed by atoms with Gasteiger partial charge < -0.3 is 10.1 Å². The van der Waals surface area contributed by atoms with Crippen molar-refractivity contribution >= 4 is 28.1 Å². The first-order valence-corrected chi connectivity index (χ1v) is 9.16. The van der Waals surface area contributed by atoms with Gasteiger partial charge in [0.05, 0.1) is 21.5 Å². The van der Waals surface area contributed by atoms with Crippen LogP contribution in [-0.4, -0.2) is 33.3 Å². The maximum atomic E-state index is 11.5. The van der Waals surface area contributed by atoms with E-state index in [0.717, 1.165) is 21.5 Å². The highest BCUT2D eigenvalue weighted by Gasteiger charge is 2.29. The molecule has 1 amide bonds. The number of aryl methyl sites for hydroxylation is 2. The lowest BCUT2D eigenvalue weighted by Crippen LogP contribution is -2.26. The SMILES string of the molecule is Cc1ccc(-c2cc3nn(C)cc3c(OC(C)[C@H]3CNC(=O)C3)n2)s1. The summed E-state index contributed by atoms with van der Waals surface area (Å²) in [5.41, 5.74) is 1.73. The Morgan fingerprint density at radius 1 is 1.44 bits per heavy atom. The lowest BCUT2D eigenvalue weighted by molar-refractivity contribution is -0.119. The van der Waals surface area contributed by atoms with Crippen LogP contribution in [0.25, 0.3) is 21.5 Å². The summed E-state index contributed by atoms with van der Waals surface area (Å²) in [5, 5.41) is 8.27. The van der Waals surface area contributed by atoms with Crippen molar-refractivity contribution in [1.29, 1.82) is 0 Å². The first kappa shape index (κ1) is 16.1.